The molecule has 0 aliphatic rings. The summed E-state index contributed by atoms with van der Waals surface area (Å²) in [7, 11) is 0. The summed E-state index contributed by atoms with van der Waals surface area (Å²) in [5.74, 6) is -0.308. The quantitative estimate of drug-likeness (QED) is 0.0874. The van der Waals surface area contributed by atoms with E-state index in [1.54, 1.807) is 26.0 Å². The minimum Gasteiger partial charge on any atom is -0.370 e. The Bertz CT molecular complexity index is 1610. The summed E-state index contributed by atoms with van der Waals surface area (Å²) in [5.41, 5.74) is 7.45. The lowest BCUT2D eigenvalue weighted by Crippen LogP contribution is -2.21. The van der Waals surface area contributed by atoms with Crippen LogP contribution >= 0.6 is 34.8 Å². The van der Waals surface area contributed by atoms with E-state index in [-0.39, 0.29) is 27.1 Å². The Labute approximate surface area is 266 Å². The van der Waals surface area contributed by atoms with Crippen molar-refractivity contribution in [1.82, 2.24) is 19.9 Å². The Kier molecular flexibility index (Phi) is 12.8. The molecule has 44 heavy (non-hydrogen) atoms. The Morgan fingerprint density at radius 3 is 1.70 bits per heavy atom. The van der Waals surface area contributed by atoms with Gasteiger partial charge in [-0.1, -0.05) is 34.8 Å². The molecule has 0 unspecified atom stereocenters. The van der Waals surface area contributed by atoms with Crippen LogP contribution in [-0.2, 0) is 0 Å². The third kappa shape index (κ3) is 11.4. The van der Waals surface area contributed by atoms with Crippen LogP contribution in [0.1, 0.15) is 17.8 Å². The first-order valence-corrected chi connectivity index (χ1v) is 13.9. The molecule has 232 valence electrons. The summed E-state index contributed by atoms with van der Waals surface area (Å²) in [6, 6.07) is 9.88. The van der Waals surface area contributed by atoms with Crippen LogP contribution in [0.3, 0.4) is 0 Å². The fraction of sp³-hybridized carbons (Fsp3) is 0.185. The van der Waals surface area contributed by atoms with Gasteiger partial charge in [0, 0.05) is 35.4 Å². The molecule has 0 fully saturated rings. The molecule has 2 aromatic carbocycles. The zero-order chi connectivity index (χ0) is 32.2. The summed E-state index contributed by atoms with van der Waals surface area (Å²) in [4.78, 5) is 39.9. The maximum Gasteiger partial charge on any atom is 0.326 e. The van der Waals surface area contributed by atoms with Crippen LogP contribution in [0.4, 0.5) is 47.5 Å². The van der Waals surface area contributed by atoms with Gasteiger partial charge in [0.2, 0.25) is 11.9 Å². The second-order valence-electron chi connectivity index (χ2n) is 8.86. The van der Waals surface area contributed by atoms with Gasteiger partial charge in [0.25, 0.3) is 0 Å². The molecule has 4 amide bonds. The molecule has 0 aliphatic heterocycles. The number of urea groups is 2. The van der Waals surface area contributed by atoms with Crippen molar-refractivity contribution >= 4 is 76.0 Å². The number of benzene rings is 2. The fourth-order valence-electron chi connectivity index (χ4n) is 3.30. The highest BCUT2D eigenvalue weighted by atomic mass is 35.5. The van der Waals surface area contributed by atoms with Crippen molar-refractivity contribution in [1.29, 1.82) is 0 Å². The number of rotatable bonds is 8. The number of aromatic nitrogens is 4. The van der Waals surface area contributed by atoms with Crippen molar-refractivity contribution in [2.45, 2.75) is 20.3 Å². The van der Waals surface area contributed by atoms with E-state index in [9.17, 15) is 18.4 Å². The highest BCUT2D eigenvalue weighted by Crippen LogP contribution is 2.21. The predicted molar refractivity (Wildman–Crippen MR) is 169 cm³/mol. The fourth-order valence-corrected chi connectivity index (χ4v) is 3.89. The lowest BCUT2D eigenvalue weighted by molar-refractivity contribution is 0.261. The first-order chi connectivity index (χ1) is 20.9. The Morgan fingerprint density at radius 1 is 0.727 bits per heavy atom. The van der Waals surface area contributed by atoms with Gasteiger partial charge in [0.1, 0.15) is 22.6 Å². The van der Waals surface area contributed by atoms with E-state index in [4.69, 9.17) is 40.5 Å². The number of nitrogens with one attached hydrogen (secondary N) is 5. The standard InChI is InChI=1S/C15H18ClFN6O.C12H9Cl2FN4O/c1-9-7-13(19-6-2-5-18)22-14(20-9)23-15(24)21-10-3-4-12(17)11(16)8-10;1-6-4-10(14)18-11(16-6)19-12(20)17-7-2-3-9(15)8(13)5-7/h3-4,7-8H,2,5-6,18H2,1H3,(H3,19,20,21,22,23,24);2-5H,1H3,(H2,16,17,18,19,20). The smallest absolute Gasteiger partial charge is 0.326 e. The molecule has 2 aromatic heterocycles. The molecular formula is C27H27Cl3F2N10O2. The molecule has 0 saturated heterocycles. The minimum absolute atomic E-state index is 0.0701. The molecule has 0 spiro atoms. The van der Waals surface area contributed by atoms with Crippen LogP contribution in [0.5, 0.6) is 0 Å². The molecule has 0 saturated carbocycles. The monoisotopic (exact) mass is 666 g/mol. The van der Waals surface area contributed by atoms with Gasteiger partial charge in [-0.3, -0.25) is 10.6 Å². The van der Waals surface area contributed by atoms with Crippen molar-refractivity contribution in [2.75, 3.05) is 39.7 Å². The van der Waals surface area contributed by atoms with E-state index in [0.717, 1.165) is 12.5 Å². The van der Waals surface area contributed by atoms with Crippen molar-refractivity contribution < 1.29 is 18.4 Å². The summed E-state index contributed by atoms with van der Waals surface area (Å²) < 4.78 is 26.1. The van der Waals surface area contributed by atoms with E-state index in [0.29, 0.717) is 41.7 Å². The van der Waals surface area contributed by atoms with E-state index < -0.39 is 23.7 Å². The SMILES string of the molecule is Cc1cc(Cl)nc(NC(=O)Nc2ccc(F)c(Cl)c2)n1.Cc1cc(NCCCN)nc(NC(=O)Nc2ccc(F)c(Cl)c2)n1. The van der Waals surface area contributed by atoms with Gasteiger partial charge in [0.15, 0.2) is 0 Å². The van der Waals surface area contributed by atoms with Crippen molar-refractivity contribution in [2.24, 2.45) is 5.73 Å². The Morgan fingerprint density at radius 2 is 1.23 bits per heavy atom. The second kappa shape index (κ2) is 16.5. The highest BCUT2D eigenvalue weighted by Gasteiger charge is 2.10. The molecule has 2 heterocycles. The average Bonchev–Trinajstić information content (AvgIpc) is 2.92. The van der Waals surface area contributed by atoms with Gasteiger partial charge in [-0.05, 0) is 69.3 Å². The minimum atomic E-state index is -0.589. The van der Waals surface area contributed by atoms with Crippen LogP contribution in [-0.4, -0.2) is 45.1 Å². The van der Waals surface area contributed by atoms with Gasteiger partial charge in [-0.2, -0.15) is 4.98 Å². The first kappa shape index (κ1) is 34.1. The number of anilines is 5. The molecule has 12 nitrogen and oxygen atoms in total. The van der Waals surface area contributed by atoms with Gasteiger partial charge >= 0.3 is 12.1 Å². The zero-order valence-corrected chi connectivity index (χ0v) is 25.6. The summed E-state index contributed by atoms with van der Waals surface area (Å²) in [6.07, 6.45) is 0.803. The summed E-state index contributed by atoms with van der Waals surface area (Å²) in [5, 5.41) is 13.1. The number of carbonyl (C=O) groups excluding carboxylic acids is 2. The number of carbonyl (C=O) groups is 2. The van der Waals surface area contributed by atoms with Crippen molar-refractivity contribution in [3.05, 3.63) is 86.8 Å². The van der Waals surface area contributed by atoms with E-state index in [1.807, 2.05) is 0 Å². The molecule has 7 N–H and O–H groups in total. The number of hydrogen-bond donors (Lipinski definition) is 6. The third-order valence-corrected chi connectivity index (χ3v) is 5.94. The van der Waals surface area contributed by atoms with Gasteiger partial charge in [-0.15, -0.1) is 0 Å². The highest BCUT2D eigenvalue weighted by molar-refractivity contribution is 6.31. The van der Waals surface area contributed by atoms with E-state index in [1.165, 1.54) is 30.3 Å². The van der Waals surface area contributed by atoms with Crippen LogP contribution < -0.4 is 32.3 Å². The number of nitrogens with two attached hydrogens (primary N) is 1. The summed E-state index contributed by atoms with van der Waals surface area (Å²) in [6.45, 7) is 4.76. The molecule has 0 radical (unpaired) electrons. The van der Waals surface area contributed by atoms with Crippen LogP contribution in [0.15, 0.2) is 48.5 Å². The normalized spacial score (nSPS) is 10.3. The maximum absolute atomic E-state index is 13.1. The average molecular weight is 668 g/mol. The number of amides is 4. The number of nitrogens with zero attached hydrogens (tertiary/aromatic N) is 4. The van der Waals surface area contributed by atoms with E-state index >= 15 is 0 Å². The van der Waals surface area contributed by atoms with Crippen LogP contribution in [0, 0.1) is 25.5 Å². The number of hydrogen-bond acceptors (Lipinski definition) is 8. The first-order valence-electron chi connectivity index (χ1n) is 12.8. The molecule has 0 atom stereocenters. The molecule has 4 rings (SSSR count). The molecule has 17 heteroatoms. The molecule has 4 aromatic rings. The molecular weight excluding hydrogens is 641 g/mol. The Balaban J connectivity index is 0.000000244. The largest absolute Gasteiger partial charge is 0.370 e. The van der Waals surface area contributed by atoms with Crippen LogP contribution in [0.25, 0.3) is 0 Å². The van der Waals surface area contributed by atoms with Gasteiger partial charge in [0.05, 0.1) is 10.0 Å². The van der Waals surface area contributed by atoms with Crippen molar-refractivity contribution in [3.8, 4) is 0 Å². The predicted octanol–water partition coefficient (Wildman–Crippen LogP) is 6.86. The molecule has 0 aliphatic carbocycles. The summed E-state index contributed by atoms with van der Waals surface area (Å²) >= 11 is 17.0. The lowest BCUT2D eigenvalue weighted by atomic mass is 10.3. The van der Waals surface area contributed by atoms with E-state index in [2.05, 4.69) is 46.5 Å². The number of aryl methyl sites for hydroxylation is 2. The Hall–Kier alpha value is -4.37. The van der Waals surface area contributed by atoms with Crippen molar-refractivity contribution in [3.63, 3.8) is 0 Å². The zero-order valence-electron chi connectivity index (χ0n) is 23.3. The second-order valence-corrected chi connectivity index (χ2v) is 10.1. The molecule has 0 bridgehead atoms. The lowest BCUT2D eigenvalue weighted by Gasteiger charge is -2.10. The number of halogens is 5. The van der Waals surface area contributed by atoms with Crippen LogP contribution in [0.2, 0.25) is 15.2 Å². The maximum atomic E-state index is 13.1. The van der Waals surface area contributed by atoms with Gasteiger partial charge < -0.3 is 21.7 Å². The van der Waals surface area contributed by atoms with Gasteiger partial charge in [-0.25, -0.2) is 33.3 Å². The topological polar surface area (TPSA) is 172 Å². The third-order valence-electron chi connectivity index (χ3n) is 5.17.